The van der Waals surface area contributed by atoms with Crippen molar-refractivity contribution in [1.82, 2.24) is 15.5 Å². The Kier molecular flexibility index (Phi) is 6.95. The van der Waals surface area contributed by atoms with E-state index in [1.54, 1.807) is 24.3 Å². The number of carbonyl (C=O) groups excluding carboxylic acids is 4. The number of nitrogens with one attached hydrogen (secondary N) is 3. The molecule has 0 atom stereocenters. The van der Waals surface area contributed by atoms with E-state index in [1.807, 2.05) is 31.2 Å². The summed E-state index contributed by atoms with van der Waals surface area (Å²) in [5.41, 5.74) is 2.34. The van der Waals surface area contributed by atoms with E-state index in [2.05, 4.69) is 16.0 Å². The summed E-state index contributed by atoms with van der Waals surface area (Å²) in [6.07, 6.45) is 4.28. The molecule has 34 heavy (non-hydrogen) atoms. The summed E-state index contributed by atoms with van der Waals surface area (Å²) in [5, 5.41) is 8.54. The summed E-state index contributed by atoms with van der Waals surface area (Å²) in [6.45, 7) is 2.30. The van der Waals surface area contributed by atoms with Gasteiger partial charge in [-0.15, -0.1) is 0 Å². The summed E-state index contributed by atoms with van der Waals surface area (Å²) < 4.78 is 0. The van der Waals surface area contributed by atoms with E-state index in [0.717, 1.165) is 30.4 Å². The average Bonchev–Trinajstić information content (AvgIpc) is 3.05. The molecular formula is C26H30N4O4. The van der Waals surface area contributed by atoms with Crippen molar-refractivity contribution in [2.45, 2.75) is 57.5 Å². The minimum absolute atomic E-state index is 0.0408. The fourth-order valence-corrected chi connectivity index (χ4v) is 4.54. The molecule has 2 aliphatic rings. The van der Waals surface area contributed by atoms with Gasteiger partial charge in [-0.1, -0.05) is 49.1 Å². The Hall–Kier alpha value is -3.68. The van der Waals surface area contributed by atoms with Crippen LogP contribution in [0.15, 0.2) is 48.5 Å². The molecule has 1 heterocycles. The van der Waals surface area contributed by atoms with Crippen LogP contribution in [0.5, 0.6) is 0 Å². The molecule has 4 rings (SSSR count). The summed E-state index contributed by atoms with van der Waals surface area (Å²) >= 11 is 0. The highest BCUT2D eigenvalue weighted by Gasteiger charge is 2.51. The van der Waals surface area contributed by atoms with Crippen LogP contribution in [0.1, 0.15) is 60.0 Å². The molecule has 1 saturated heterocycles. The molecule has 0 aromatic heterocycles. The molecule has 1 aliphatic heterocycles. The average molecular weight is 463 g/mol. The lowest BCUT2D eigenvalue weighted by atomic mass is 9.82. The van der Waals surface area contributed by atoms with Crippen LogP contribution >= 0.6 is 0 Å². The molecule has 0 bridgehead atoms. The van der Waals surface area contributed by atoms with E-state index in [-0.39, 0.29) is 37.2 Å². The molecule has 1 saturated carbocycles. The largest absolute Gasteiger partial charge is 0.352 e. The number of hydrogen-bond donors (Lipinski definition) is 3. The number of benzene rings is 2. The van der Waals surface area contributed by atoms with Crippen LogP contribution in [-0.4, -0.2) is 40.7 Å². The number of imide groups is 1. The van der Waals surface area contributed by atoms with Crippen LogP contribution in [0, 0.1) is 6.92 Å². The number of rotatable bonds is 7. The van der Waals surface area contributed by atoms with Crippen LogP contribution in [0.25, 0.3) is 0 Å². The second-order valence-electron chi connectivity index (χ2n) is 9.08. The van der Waals surface area contributed by atoms with Crippen molar-refractivity contribution in [2.75, 3.05) is 11.9 Å². The lowest BCUT2D eigenvalue weighted by molar-refractivity contribution is -0.132. The Morgan fingerprint density at radius 2 is 1.76 bits per heavy atom. The molecule has 0 unspecified atom stereocenters. The first-order valence-electron chi connectivity index (χ1n) is 11.7. The minimum atomic E-state index is -0.769. The Labute approximate surface area is 199 Å². The maximum atomic E-state index is 12.8. The Bertz CT molecular complexity index is 1090. The van der Waals surface area contributed by atoms with E-state index in [4.69, 9.17) is 0 Å². The fraction of sp³-hybridized carbons (Fsp3) is 0.385. The topological polar surface area (TPSA) is 108 Å². The van der Waals surface area contributed by atoms with Crippen LogP contribution in [-0.2, 0) is 16.1 Å². The van der Waals surface area contributed by atoms with Gasteiger partial charge in [0, 0.05) is 30.8 Å². The number of aryl methyl sites for hydroxylation is 1. The van der Waals surface area contributed by atoms with Crippen molar-refractivity contribution >= 4 is 29.4 Å². The third kappa shape index (κ3) is 5.27. The van der Waals surface area contributed by atoms with Crippen molar-refractivity contribution in [3.8, 4) is 0 Å². The van der Waals surface area contributed by atoms with Crippen molar-refractivity contribution in [3.63, 3.8) is 0 Å². The van der Waals surface area contributed by atoms with Crippen LogP contribution in [0.2, 0.25) is 0 Å². The van der Waals surface area contributed by atoms with Crippen LogP contribution in [0.3, 0.4) is 0 Å². The monoisotopic (exact) mass is 462 g/mol. The first-order chi connectivity index (χ1) is 16.4. The van der Waals surface area contributed by atoms with Gasteiger partial charge >= 0.3 is 6.03 Å². The molecule has 1 spiro atoms. The number of nitrogens with zero attached hydrogens (tertiary/aromatic N) is 1. The lowest BCUT2D eigenvalue weighted by Gasteiger charge is -2.30. The van der Waals surface area contributed by atoms with Gasteiger partial charge in [0.25, 0.3) is 11.8 Å². The fourth-order valence-electron chi connectivity index (χ4n) is 4.54. The minimum Gasteiger partial charge on any atom is -0.352 e. The zero-order chi connectivity index (χ0) is 24.1. The summed E-state index contributed by atoms with van der Waals surface area (Å²) in [5.74, 6) is -0.660. The van der Waals surface area contributed by atoms with Gasteiger partial charge in [0.1, 0.15) is 5.54 Å². The highest BCUT2D eigenvalue weighted by atomic mass is 16.2. The van der Waals surface area contributed by atoms with Gasteiger partial charge in [-0.05, 0) is 49.6 Å². The zero-order valence-electron chi connectivity index (χ0n) is 19.4. The Balaban J connectivity index is 1.26. The van der Waals surface area contributed by atoms with E-state index in [1.165, 1.54) is 4.90 Å². The van der Waals surface area contributed by atoms with E-state index in [0.29, 0.717) is 24.1 Å². The Morgan fingerprint density at radius 3 is 2.50 bits per heavy atom. The first kappa shape index (κ1) is 23.5. The highest BCUT2D eigenvalue weighted by molar-refractivity contribution is 6.07. The van der Waals surface area contributed by atoms with Gasteiger partial charge < -0.3 is 16.0 Å². The molecule has 178 valence electrons. The molecule has 5 amide bonds. The van der Waals surface area contributed by atoms with Gasteiger partial charge in [-0.3, -0.25) is 19.3 Å². The maximum Gasteiger partial charge on any atom is 0.325 e. The molecule has 2 fully saturated rings. The zero-order valence-corrected chi connectivity index (χ0v) is 19.4. The van der Waals surface area contributed by atoms with Crippen molar-refractivity contribution in [2.24, 2.45) is 0 Å². The van der Waals surface area contributed by atoms with Crippen molar-refractivity contribution < 1.29 is 19.2 Å². The number of amides is 5. The molecule has 8 heteroatoms. The molecular weight excluding hydrogens is 432 g/mol. The SMILES string of the molecule is Cc1ccc(C(=O)Nc2cccc(CNC(=O)CCN3C(=O)NC4(CCCCC4)C3=O)c2)cc1. The number of hydrogen-bond acceptors (Lipinski definition) is 4. The summed E-state index contributed by atoms with van der Waals surface area (Å²) in [7, 11) is 0. The molecule has 3 N–H and O–H groups in total. The van der Waals surface area contributed by atoms with Crippen LogP contribution in [0.4, 0.5) is 10.5 Å². The standard InChI is InChI=1S/C26H30N4O4/c1-18-8-10-20(11-9-18)23(32)28-21-7-5-6-19(16-21)17-27-22(31)12-15-30-24(33)26(29-25(30)34)13-3-2-4-14-26/h5-11,16H,2-4,12-15,17H2,1H3,(H,27,31)(H,28,32)(H,29,34). The maximum absolute atomic E-state index is 12.8. The number of anilines is 1. The third-order valence-electron chi connectivity index (χ3n) is 6.50. The van der Waals surface area contributed by atoms with Gasteiger partial charge in [0.05, 0.1) is 0 Å². The summed E-state index contributed by atoms with van der Waals surface area (Å²) in [4.78, 5) is 51.1. The second kappa shape index (κ2) is 10.1. The Morgan fingerprint density at radius 1 is 1.03 bits per heavy atom. The van der Waals surface area contributed by atoms with E-state index >= 15 is 0 Å². The van der Waals surface area contributed by atoms with Crippen molar-refractivity contribution in [3.05, 3.63) is 65.2 Å². The normalized spacial score (nSPS) is 16.9. The van der Waals surface area contributed by atoms with E-state index in [9.17, 15) is 19.2 Å². The predicted molar refractivity (Wildman–Crippen MR) is 128 cm³/mol. The number of carbonyl (C=O) groups is 4. The van der Waals surface area contributed by atoms with Crippen molar-refractivity contribution in [1.29, 1.82) is 0 Å². The summed E-state index contributed by atoms with van der Waals surface area (Å²) in [6, 6.07) is 14.2. The second-order valence-corrected chi connectivity index (χ2v) is 9.08. The molecule has 1 aliphatic carbocycles. The van der Waals surface area contributed by atoms with Gasteiger partial charge in [0.2, 0.25) is 5.91 Å². The highest BCUT2D eigenvalue weighted by Crippen LogP contribution is 2.33. The molecule has 8 nitrogen and oxygen atoms in total. The van der Waals surface area contributed by atoms with Gasteiger partial charge in [-0.2, -0.15) is 0 Å². The van der Waals surface area contributed by atoms with Gasteiger partial charge in [0.15, 0.2) is 0 Å². The quantitative estimate of drug-likeness (QED) is 0.547. The van der Waals surface area contributed by atoms with Crippen LogP contribution < -0.4 is 16.0 Å². The predicted octanol–water partition coefficient (Wildman–Crippen LogP) is 3.51. The molecule has 2 aromatic rings. The molecule has 2 aromatic carbocycles. The van der Waals surface area contributed by atoms with E-state index < -0.39 is 11.6 Å². The first-order valence-corrected chi connectivity index (χ1v) is 11.7. The smallest absolute Gasteiger partial charge is 0.325 e. The number of urea groups is 1. The lowest BCUT2D eigenvalue weighted by Crippen LogP contribution is -2.48. The van der Waals surface area contributed by atoms with Gasteiger partial charge in [-0.25, -0.2) is 4.79 Å². The third-order valence-corrected chi connectivity index (χ3v) is 6.50. The molecule has 0 radical (unpaired) electrons.